The summed E-state index contributed by atoms with van der Waals surface area (Å²) in [4.78, 5) is 25.2. The number of hydrogen-bond acceptors (Lipinski definition) is 5. The van der Waals surface area contributed by atoms with E-state index in [2.05, 4.69) is 37.4 Å². The first-order chi connectivity index (χ1) is 16.5. The van der Waals surface area contributed by atoms with Gasteiger partial charge >= 0.3 is 6.03 Å². The number of urea groups is 1. The van der Waals surface area contributed by atoms with Crippen LogP contribution in [-0.4, -0.2) is 62.6 Å². The second-order valence-electron chi connectivity index (χ2n) is 8.77. The zero-order chi connectivity index (χ0) is 23.7. The lowest BCUT2D eigenvalue weighted by molar-refractivity contribution is 0.222. The molecule has 0 atom stereocenters. The summed E-state index contributed by atoms with van der Waals surface area (Å²) in [5, 5.41) is 7.50. The van der Waals surface area contributed by atoms with Crippen LogP contribution in [0.5, 0.6) is 0 Å². The second kappa shape index (κ2) is 9.18. The molecule has 2 aromatic heterocycles. The van der Waals surface area contributed by atoms with E-state index in [1.54, 1.807) is 33.9 Å². The molecule has 8 nitrogen and oxygen atoms in total. The molecular formula is C25H26FN7O. The minimum atomic E-state index is -0.431. The molecular weight excluding hydrogens is 433 g/mol. The van der Waals surface area contributed by atoms with Crippen molar-refractivity contribution in [3.8, 4) is 22.5 Å². The van der Waals surface area contributed by atoms with Gasteiger partial charge < -0.3 is 15.1 Å². The number of carbonyl (C=O) groups is 1. The number of likely N-dealkylation sites (tertiary alicyclic amines) is 1. The van der Waals surface area contributed by atoms with Crippen molar-refractivity contribution in [2.24, 2.45) is 0 Å². The minimum Gasteiger partial charge on any atom is -0.325 e. The summed E-state index contributed by atoms with van der Waals surface area (Å²) in [5.41, 5.74) is 4.01. The van der Waals surface area contributed by atoms with Crippen LogP contribution in [0.1, 0.15) is 18.4 Å². The van der Waals surface area contributed by atoms with Gasteiger partial charge in [-0.1, -0.05) is 18.2 Å². The predicted octanol–water partition coefficient (Wildman–Crippen LogP) is 4.29. The first kappa shape index (κ1) is 22.0. The number of benzene rings is 2. The van der Waals surface area contributed by atoms with Gasteiger partial charge in [0, 0.05) is 36.4 Å². The van der Waals surface area contributed by atoms with Crippen molar-refractivity contribution in [1.29, 1.82) is 0 Å². The van der Waals surface area contributed by atoms with Crippen molar-refractivity contribution >= 4 is 17.5 Å². The SMILES string of the molecule is CN(C)Cc1cccc(-c2cnc3nc(-c4cc(NC(=O)N5CCCC5)ccc4F)cn3n2)c1. The lowest BCUT2D eigenvalue weighted by Crippen LogP contribution is -2.32. The van der Waals surface area contributed by atoms with Crippen molar-refractivity contribution in [2.45, 2.75) is 19.4 Å². The average Bonchev–Trinajstić information content (AvgIpc) is 3.50. The molecule has 0 radical (unpaired) electrons. The number of fused-ring (bicyclic) bond motifs is 1. The summed E-state index contributed by atoms with van der Waals surface area (Å²) in [6.45, 7) is 2.30. The van der Waals surface area contributed by atoms with Crippen LogP contribution >= 0.6 is 0 Å². The average molecular weight is 460 g/mol. The Morgan fingerprint density at radius 3 is 2.74 bits per heavy atom. The van der Waals surface area contributed by atoms with Crippen molar-refractivity contribution in [3.63, 3.8) is 0 Å². The van der Waals surface area contributed by atoms with Gasteiger partial charge in [-0.15, -0.1) is 0 Å². The molecule has 1 aliphatic heterocycles. The molecule has 0 saturated carbocycles. The fourth-order valence-corrected chi connectivity index (χ4v) is 4.16. The van der Waals surface area contributed by atoms with Gasteiger partial charge in [-0.2, -0.15) is 5.10 Å². The van der Waals surface area contributed by atoms with Gasteiger partial charge in [0.2, 0.25) is 0 Å². The number of anilines is 1. The Hall–Kier alpha value is -3.85. The maximum atomic E-state index is 14.7. The highest BCUT2D eigenvalue weighted by molar-refractivity contribution is 5.90. The molecule has 0 aliphatic carbocycles. The van der Waals surface area contributed by atoms with Crippen molar-refractivity contribution in [3.05, 3.63) is 66.2 Å². The Bertz CT molecular complexity index is 1340. The molecule has 0 bridgehead atoms. The number of nitrogens with zero attached hydrogens (tertiary/aromatic N) is 6. The minimum absolute atomic E-state index is 0.172. The van der Waals surface area contributed by atoms with Gasteiger partial charge in [-0.05, 0) is 56.8 Å². The fourth-order valence-electron chi connectivity index (χ4n) is 4.16. The van der Waals surface area contributed by atoms with Crippen molar-refractivity contribution < 1.29 is 9.18 Å². The molecule has 174 valence electrons. The Morgan fingerprint density at radius 1 is 1.12 bits per heavy atom. The van der Waals surface area contributed by atoms with E-state index in [1.807, 2.05) is 26.2 Å². The smallest absolute Gasteiger partial charge is 0.321 e. The summed E-state index contributed by atoms with van der Waals surface area (Å²) in [7, 11) is 4.05. The third kappa shape index (κ3) is 4.60. The van der Waals surface area contributed by atoms with Crippen molar-refractivity contribution in [1.82, 2.24) is 29.4 Å². The molecule has 9 heteroatoms. The summed E-state index contributed by atoms with van der Waals surface area (Å²) in [6, 6.07) is 12.4. The largest absolute Gasteiger partial charge is 0.325 e. The highest BCUT2D eigenvalue weighted by atomic mass is 19.1. The Labute approximate surface area is 197 Å². The van der Waals surface area contributed by atoms with Gasteiger partial charge in [0.05, 0.1) is 18.1 Å². The third-order valence-corrected chi connectivity index (χ3v) is 5.80. The Kier molecular flexibility index (Phi) is 5.93. The van der Waals surface area contributed by atoms with Crippen LogP contribution in [0.4, 0.5) is 14.9 Å². The molecule has 1 aliphatic rings. The van der Waals surface area contributed by atoms with Gasteiger partial charge in [-0.25, -0.2) is 23.7 Å². The molecule has 2 aromatic carbocycles. The Morgan fingerprint density at radius 2 is 1.94 bits per heavy atom. The normalized spacial score (nSPS) is 13.7. The van der Waals surface area contributed by atoms with Crippen LogP contribution in [-0.2, 0) is 6.54 Å². The number of hydrogen-bond donors (Lipinski definition) is 1. The van der Waals surface area contributed by atoms with E-state index in [0.29, 0.717) is 22.9 Å². The van der Waals surface area contributed by atoms with E-state index in [-0.39, 0.29) is 11.6 Å². The first-order valence-electron chi connectivity index (χ1n) is 11.3. The number of rotatable bonds is 5. The highest BCUT2D eigenvalue weighted by Gasteiger charge is 2.19. The lowest BCUT2D eigenvalue weighted by Gasteiger charge is -2.16. The van der Waals surface area contributed by atoms with E-state index in [9.17, 15) is 9.18 Å². The molecule has 0 spiro atoms. The van der Waals surface area contributed by atoms with Gasteiger partial charge in [0.15, 0.2) is 0 Å². The first-order valence-corrected chi connectivity index (χ1v) is 11.3. The molecule has 0 unspecified atom stereocenters. The molecule has 4 aromatic rings. The number of carbonyl (C=O) groups excluding carboxylic acids is 1. The zero-order valence-electron chi connectivity index (χ0n) is 19.2. The van der Waals surface area contributed by atoms with E-state index < -0.39 is 5.82 Å². The van der Waals surface area contributed by atoms with E-state index in [0.717, 1.165) is 38.0 Å². The third-order valence-electron chi connectivity index (χ3n) is 5.80. The summed E-state index contributed by atoms with van der Waals surface area (Å²) >= 11 is 0. The van der Waals surface area contributed by atoms with E-state index >= 15 is 0 Å². The van der Waals surface area contributed by atoms with Crippen LogP contribution < -0.4 is 5.32 Å². The number of nitrogens with one attached hydrogen (secondary N) is 1. The molecule has 34 heavy (non-hydrogen) atoms. The summed E-state index contributed by atoms with van der Waals surface area (Å²) < 4.78 is 16.3. The Balaban J connectivity index is 1.43. The maximum absolute atomic E-state index is 14.7. The molecule has 3 heterocycles. The van der Waals surface area contributed by atoms with Crippen LogP contribution in [0.15, 0.2) is 54.9 Å². The van der Waals surface area contributed by atoms with Gasteiger partial charge in [0.25, 0.3) is 5.78 Å². The standard InChI is InChI=1S/C25H26FN7O/c1-31(2)15-17-6-5-7-18(12-17)22-14-27-24-29-23(16-33(24)30-22)20-13-19(8-9-21(20)26)28-25(34)32-10-3-4-11-32/h5-9,12-14,16H,3-4,10-11,15H2,1-2H3,(H,28,34). The highest BCUT2D eigenvalue weighted by Crippen LogP contribution is 2.26. The lowest BCUT2D eigenvalue weighted by atomic mass is 10.1. The molecule has 5 rings (SSSR count). The fraction of sp³-hybridized carbons (Fsp3) is 0.280. The number of amides is 2. The monoisotopic (exact) mass is 459 g/mol. The maximum Gasteiger partial charge on any atom is 0.321 e. The zero-order valence-corrected chi connectivity index (χ0v) is 19.2. The molecule has 1 saturated heterocycles. The molecule has 1 fully saturated rings. The molecule has 2 amide bonds. The summed E-state index contributed by atoms with van der Waals surface area (Å²) in [6.07, 6.45) is 5.33. The quantitative estimate of drug-likeness (QED) is 0.482. The molecule has 1 N–H and O–H groups in total. The number of aromatic nitrogens is 4. The van der Waals surface area contributed by atoms with Crippen molar-refractivity contribution in [2.75, 3.05) is 32.5 Å². The number of halogens is 1. The van der Waals surface area contributed by atoms with Crippen LogP contribution in [0.3, 0.4) is 0 Å². The topological polar surface area (TPSA) is 78.7 Å². The van der Waals surface area contributed by atoms with E-state index in [1.165, 1.54) is 11.6 Å². The second-order valence-corrected chi connectivity index (χ2v) is 8.77. The predicted molar refractivity (Wildman–Crippen MR) is 129 cm³/mol. The van der Waals surface area contributed by atoms with Gasteiger partial charge in [0.1, 0.15) is 11.5 Å². The number of imidazole rings is 1. The van der Waals surface area contributed by atoms with Crippen LogP contribution in [0.2, 0.25) is 0 Å². The van der Waals surface area contributed by atoms with E-state index in [4.69, 9.17) is 0 Å². The summed E-state index contributed by atoms with van der Waals surface area (Å²) in [5.74, 6) is -0.0618. The van der Waals surface area contributed by atoms with Crippen LogP contribution in [0.25, 0.3) is 28.3 Å². The van der Waals surface area contributed by atoms with Gasteiger partial charge in [-0.3, -0.25) is 0 Å². The van der Waals surface area contributed by atoms with Crippen LogP contribution in [0, 0.1) is 5.82 Å².